The monoisotopic (exact) mass is 228 g/mol. The summed E-state index contributed by atoms with van der Waals surface area (Å²) in [4.78, 5) is 0. The molecule has 2 rings (SSSR count). The Kier molecular flexibility index (Phi) is 3.78. The van der Waals surface area contributed by atoms with Gasteiger partial charge in [-0.3, -0.25) is 0 Å². The highest BCUT2D eigenvalue weighted by Crippen LogP contribution is 2.23. The summed E-state index contributed by atoms with van der Waals surface area (Å²) >= 11 is 0. The molecule has 0 amide bonds. The van der Waals surface area contributed by atoms with Crippen molar-refractivity contribution in [2.45, 2.75) is 13.0 Å². The predicted octanol–water partition coefficient (Wildman–Crippen LogP) is 2.78. The highest BCUT2D eigenvalue weighted by Gasteiger charge is 2.05. The second-order valence-electron chi connectivity index (χ2n) is 3.97. The molecule has 0 saturated carbocycles. The predicted molar refractivity (Wildman–Crippen MR) is 68.2 cm³/mol. The molecule has 0 fully saturated rings. The average molecular weight is 228 g/mol. The number of ether oxygens (including phenoxy) is 1. The van der Waals surface area contributed by atoms with Crippen molar-refractivity contribution < 1.29 is 9.84 Å². The maximum atomic E-state index is 9.08. The highest BCUT2D eigenvalue weighted by molar-refractivity contribution is 5.40. The smallest absolute Gasteiger partial charge is 0.122 e. The molecule has 0 aliphatic heterocycles. The van der Waals surface area contributed by atoms with Gasteiger partial charge in [0.2, 0.25) is 0 Å². The van der Waals surface area contributed by atoms with Crippen molar-refractivity contribution in [3.8, 4) is 5.75 Å². The summed E-state index contributed by atoms with van der Waals surface area (Å²) in [7, 11) is 1.66. The van der Waals surface area contributed by atoms with Crippen LogP contribution in [0.25, 0.3) is 0 Å². The second-order valence-corrected chi connectivity index (χ2v) is 3.97. The fourth-order valence-corrected chi connectivity index (χ4v) is 1.85. The molecule has 0 aromatic heterocycles. The Bertz CT molecular complexity index is 478. The fourth-order valence-electron chi connectivity index (χ4n) is 1.85. The van der Waals surface area contributed by atoms with Gasteiger partial charge in [0, 0.05) is 6.42 Å². The van der Waals surface area contributed by atoms with Crippen LogP contribution in [-0.4, -0.2) is 12.2 Å². The molecule has 2 aromatic carbocycles. The van der Waals surface area contributed by atoms with Gasteiger partial charge < -0.3 is 9.84 Å². The molecule has 0 saturated heterocycles. The number of aliphatic hydroxyl groups is 1. The quantitative estimate of drug-likeness (QED) is 0.872. The molecule has 88 valence electrons. The molecule has 0 aliphatic carbocycles. The first-order valence-corrected chi connectivity index (χ1v) is 5.64. The third-order valence-corrected chi connectivity index (χ3v) is 2.77. The van der Waals surface area contributed by atoms with E-state index in [4.69, 9.17) is 9.84 Å². The van der Waals surface area contributed by atoms with Crippen molar-refractivity contribution in [3.63, 3.8) is 0 Å². The van der Waals surface area contributed by atoms with Gasteiger partial charge in [0.25, 0.3) is 0 Å². The lowest BCUT2D eigenvalue weighted by Crippen LogP contribution is -1.95. The summed E-state index contributed by atoms with van der Waals surface area (Å²) in [6.07, 6.45) is 0.843. The Morgan fingerprint density at radius 1 is 1.00 bits per heavy atom. The first kappa shape index (κ1) is 11.7. The molecule has 0 bridgehead atoms. The molecule has 2 aromatic rings. The minimum atomic E-state index is 0.0436. The van der Waals surface area contributed by atoms with E-state index in [0.717, 1.165) is 23.3 Å². The maximum absolute atomic E-state index is 9.08. The molecule has 1 N–H and O–H groups in total. The van der Waals surface area contributed by atoms with E-state index in [2.05, 4.69) is 12.1 Å². The first-order valence-electron chi connectivity index (χ1n) is 5.64. The van der Waals surface area contributed by atoms with Crippen LogP contribution in [0.3, 0.4) is 0 Å². The molecule has 0 atom stereocenters. The molecule has 2 nitrogen and oxygen atoms in total. The lowest BCUT2D eigenvalue weighted by molar-refractivity contribution is 0.281. The van der Waals surface area contributed by atoms with E-state index in [0.29, 0.717) is 0 Å². The Morgan fingerprint density at radius 2 is 1.76 bits per heavy atom. The van der Waals surface area contributed by atoms with E-state index in [1.807, 2.05) is 36.4 Å². The number of rotatable bonds is 4. The van der Waals surface area contributed by atoms with Crippen molar-refractivity contribution in [2.24, 2.45) is 0 Å². The van der Waals surface area contributed by atoms with Crippen LogP contribution in [-0.2, 0) is 13.0 Å². The van der Waals surface area contributed by atoms with Crippen LogP contribution in [0.4, 0.5) is 0 Å². The first-order chi connectivity index (χ1) is 8.33. The number of hydrogen-bond acceptors (Lipinski definition) is 2. The van der Waals surface area contributed by atoms with Crippen LogP contribution >= 0.6 is 0 Å². The number of hydrogen-bond donors (Lipinski definition) is 1. The van der Waals surface area contributed by atoms with Crippen molar-refractivity contribution in [1.29, 1.82) is 0 Å². The SMILES string of the molecule is COc1cc(CO)ccc1Cc1ccccc1. The zero-order valence-corrected chi connectivity index (χ0v) is 9.89. The van der Waals surface area contributed by atoms with Crippen LogP contribution < -0.4 is 4.74 Å². The molecule has 0 unspecified atom stereocenters. The Labute approximate surface area is 101 Å². The average Bonchev–Trinajstić information content (AvgIpc) is 2.40. The molecule has 17 heavy (non-hydrogen) atoms. The molecule has 0 aliphatic rings. The largest absolute Gasteiger partial charge is 0.496 e. The molecule has 2 heteroatoms. The molecular formula is C15H16O2. The van der Waals surface area contributed by atoms with Gasteiger partial charge in [-0.25, -0.2) is 0 Å². The van der Waals surface area contributed by atoms with Gasteiger partial charge in [0.1, 0.15) is 5.75 Å². The number of methoxy groups -OCH3 is 1. The Balaban J connectivity index is 2.26. The van der Waals surface area contributed by atoms with E-state index in [1.54, 1.807) is 7.11 Å². The maximum Gasteiger partial charge on any atom is 0.122 e. The molecule has 0 heterocycles. The van der Waals surface area contributed by atoms with Crippen LogP contribution in [0.5, 0.6) is 5.75 Å². The van der Waals surface area contributed by atoms with Crippen LogP contribution in [0, 0.1) is 0 Å². The topological polar surface area (TPSA) is 29.5 Å². The van der Waals surface area contributed by atoms with Crippen molar-refractivity contribution >= 4 is 0 Å². The van der Waals surface area contributed by atoms with E-state index in [1.165, 1.54) is 5.56 Å². The summed E-state index contributed by atoms with van der Waals surface area (Å²) in [6, 6.07) is 16.1. The third-order valence-electron chi connectivity index (χ3n) is 2.77. The zero-order valence-electron chi connectivity index (χ0n) is 9.89. The van der Waals surface area contributed by atoms with Gasteiger partial charge >= 0.3 is 0 Å². The van der Waals surface area contributed by atoms with Gasteiger partial charge in [-0.15, -0.1) is 0 Å². The van der Waals surface area contributed by atoms with Crippen LogP contribution in [0.2, 0.25) is 0 Å². The van der Waals surface area contributed by atoms with Crippen molar-refractivity contribution in [3.05, 3.63) is 65.2 Å². The highest BCUT2D eigenvalue weighted by atomic mass is 16.5. The summed E-state index contributed by atoms with van der Waals surface area (Å²) in [5, 5.41) is 9.08. The van der Waals surface area contributed by atoms with Crippen molar-refractivity contribution in [1.82, 2.24) is 0 Å². The molecular weight excluding hydrogens is 212 g/mol. The number of aliphatic hydroxyl groups excluding tert-OH is 1. The van der Waals surface area contributed by atoms with Gasteiger partial charge in [-0.05, 0) is 22.8 Å². The third kappa shape index (κ3) is 2.86. The summed E-state index contributed by atoms with van der Waals surface area (Å²) in [5.74, 6) is 0.834. The lowest BCUT2D eigenvalue weighted by Gasteiger charge is -2.10. The van der Waals surface area contributed by atoms with Crippen molar-refractivity contribution in [2.75, 3.05) is 7.11 Å². The van der Waals surface area contributed by atoms with E-state index < -0.39 is 0 Å². The standard InChI is InChI=1S/C15H16O2/c1-17-15-10-13(11-16)7-8-14(15)9-12-5-3-2-4-6-12/h2-8,10,16H,9,11H2,1H3. The molecule has 0 spiro atoms. The van der Waals surface area contributed by atoms with Crippen LogP contribution in [0.1, 0.15) is 16.7 Å². The van der Waals surface area contributed by atoms with Gasteiger partial charge in [-0.1, -0.05) is 42.5 Å². The summed E-state index contributed by atoms with van der Waals surface area (Å²) in [6.45, 7) is 0.0436. The van der Waals surface area contributed by atoms with E-state index >= 15 is 0 Å². The Hall–Kier alpha value is -1.80. The second kappa shape index (κ2) is 5.51. The zero-order chi connectivity index (χ0) is 12.1. The van der Waals surface area contributed by atoms with Crippen LogP contribution in [0.15, 0.2) is 48.5 Å². The van der Waals surface area contributed by atoms with Gasteiger partial charge in [-0.2, -0.15) is 0 Å². The molecule has 0 radical (unpaired) electrons. The Morgan fingerprint density at radius 3 is 2.41 bits per heavy atom. The van der Waals surface area contributed by atoms with Gasteiger partial charge in [0.05, 0.1) is 13.7 Å². The number of benzene rings is 2. The minimum absolute atomic E-state index is 0.0436. The van der Waals surface area contributed by atoms with Gasteiger partial charge in [0.15, 0.2) is 0 Å². The van der Waals surface area contributed by atoms with E-state index in [9.17, 15) is 0 Å². The lowest BCUT2D eigenvalue weighted by atomic mass is 10.0. The van der Waals surface area contributed by atoms with E-state index in [-0.39, 0.29) is 6.61 Å². The normalized spacial score (nSPS) is 10.2. The summed E-state index contributed by atoms with van der Waals surface area (Å²) in [5.41, 5.74) is 3.26. The summed E-state index contributed by atoms with van der Waals surface area (Å²) < 4.78 is 5.35. The fraction of sp³-hybridized carbons (Fsp3) is 0.200. The minimum Gasteiger partial charge on any atom is -0.496 e.